The van der Waals surface area contributed by atoms with Gasteiger partial charge in [-0.25, -0.2) is 0 Å². The fraction of sp³-hybridized carbons (Fsp3) is 0.667. The fourth-order valence-corrected chi connectivity index (χ4v) is 1.70. The summed E-state index contributed by atoms with van der Waals surface area (Å²) in [6, 6.07) is 0.259. The highest BCUT2D eigenvalue weighted by Crippen LogP contribution is 2.22. The lowest BCUT2D eigenvalue weighted by molar-refractivity contribution is -0.0411. The summed E-state index contributed by atoms with van der Waals surface area (Å²) in [7, 11) is 0. The van der Waals surface area contributed by atoms with E-state index in [2.05, 4.69) is 5.10 Å². The first kappa shape index (κ1) is 9.48. The molecule has 1 saturated heterocycles. The van der Waals surface area contributed by atoms with E-state index in [-0.39, 0.29) is 18.8 Å². The molecule has 0 aromatic carbocycles. The highest BCUT2D eigenvalue weighted by atomic mass is 16.5. The molecule has 5 nitrogen and oxygen atoms in total. The minimum atomic E-state index is -0.000779. The number of nitrogens with two attached hydrogens (primary N) is 1. The molecule has 0 radical (unpaired) electrons. The Kier molecular flexibility index (Phi) is 2.69. The second kappa shape index (κ2) is 3.98. The lowest BCUT2D eigenvalue weighted by Crippen LogP contribution is -2.30. The third-order valence-corrected chi connectivity index (χ3v) is 2.55. The standard InChI is InChI=1S/C9H15N3O2/c10-7-3-11-12(4-7)8-1-2-9(5-13)14-6-8/h3-4,8-9,13H,1-2,5-6,10H2. The Morgan fingerprint density at radius 1 is 1.64 bits per heavy atom. The molecule has 2 atom stereocenters. The molecule has 1 aliphatic heterocycles. The predicted octanol–water partition coefficient (Wildman–Crippen LogP) is 0.178. The van der Waals surface area contributed by atoms with Crippen molar-refractivity contribution in [3.63, 3.8) is 0 Å². The summed E-state index contributed by atoms with van der Waals surface area (Å²) in [5, 5.41) is 13.0. The monoisotopic (exact) mass is 197 g/mol. The minimum absolute atomic E-state index is 0.000779. The average Bonchev–Trinajstić information content (AvgIpc) is 2.65. The molecular formula is C9H15N3O2. The number of aliphatic hydroxyl groups excluding tert-OH is 1. The maximum Gasteiger partial charge on any atom is 0.0807 e. The van der Waals surface area contributed by atoms with Gasteiger partial charge in [0, 0.05) is 6.20 Å². The van der Waals surface area contributed by atoms with E-state index < -0.39 is 0 Å². The van der Waals surface area contributed by atoms with Gasteiger partial charge in [-0.15, -0.1) is 0 Å². The number of ether oxygens (including phenoxy) is 1. The Morgan fingerprint density at radius 3 is 3.00 bits per heavy atom. The number of aliphatic hydroxyl groups is 1. The highest BCUT2D eigenvalue weighted by molar-refractivity contribution is 5.30. The second-order valence-corrected chi connectivity index (χ2v) is 3.62. The predicted molar refractivity (Wildman–Crippen MR) is 51.7 cm³/mol. The van der Waals surface area contributed by atoms with Crippen molar-refractivity contribution in [3.05, 3.63) is 12.4 Å². The van der Waals surface area contributed by atoms with Crippen LogP contribution in [0.4, 0.5) is 5.69 Å². The normalized spacial score (nSPS) is 27.8. The minimum Gasteiger partial charge on any atom is -0.396 e. The molecule has 0 spiro atoms. The van der Waals surface area contributed by atoms with Gasteiger partial charge in [-0.3, -0.25) is 4.68 Å². The Labute approximate surface area is 82.5 Å². The fourth-order valence-electron chi connectivity index (χ4n) is 1.70. The quantitative estimate of drug-likeness (QED) is 0.709. The van der Waals surface area contributed by atoms with Crippen LogP contribution in [0.15, 0.2) is 12.4 Å². The lowest BCUT2D eigenvalue weighted by Gasteiger charge is -2.27. The van der Waals surface area contributed by atoms with Crippen molar-refractivity contribution in [3.8, 4) is 0 Å². The van der Waals surface area contributed by atoms with Crippen LogP contribution in [0, 0.1) is 0 Å². The summed E-state index contributed by atoms with van der Waals surface area (Å²) in [4.78, 5) is 0. The first-order valence-electron chi connectivity index (χ1n) is 4.81. The number of hydrogen-bond donors (Lipinski definition) is 2. The van der Waals surface area contributed by atoms with Gasteiger partial charge in [-0.2, -0.15) is 5.10 Å². The molecule has 0 aliphatic carbocycles. The number of aromatic nitrogens is 2. The van der Waals surface area contributed by atoms with Gasteiger partial charge in [0.2, 0.25) is 0 Å². The van der Waals surface area contributed by atoms with Crippen LogP contribution < -0.4 is 5.73 Å². The Hall–Kier alpha value is -1.07. The van der Waals surface area contributed by atoms with E-state index in [1.54, 1.807) is 6.20 Å². The zero-order valence-corrected chi connectivity index (χ0v) is 7.97. The van der Waals surface area contributed by atoms with E-state index in [1.807, 2.05) is 10.9 Å². The van der Waals surface area contributed by atoms with Gasteiger partial charge in [0.05, 0.1) is 37.2 Å². The number of rotatable bonds is 2. The number of nitrogen functional groups attached to an aromatic ring is 1. The smallest absolute Gasteiger partial charge is 0.0807 e. The van der Waals surface area contributed by atoms with E-state index in [1.165, 1.54) is 0 Å². The molecule has 1 fully saturated rings. The van der Waals surface area contributed by atoms with Crippen molar-refractivity contribution in [2.24, 2.45) is 0 Å². The van der Waals surface area contributed by atoms with Crippen LogP contribution in [-0.4, -0.2) is 34.2 Å². The highest BCUT2D eigenvalue weighted by Gasteiger charge is 2.22. The second-order valence-electron chi connectivity index (χ2n) is 3.62. The van der Waals surface area contributed by atoms with Crippen molar-refractivity contribution in [1.82, 2.24) is 9.78 Å². The zero-order valence-electron chi connectivity index (χ0n) is 7.97. The summed E-state index contributed by atoms with van der Waals surface area (Å²) in [5.74, 6) is 0. The molecule has 78 valence electrons. The van der Waals surface area contributed by atoms with Crippen LogP contribution in [0.3, 0.4) is 0 Å². The molecule has 2 unspecified atom stereocenters. The summed E-state index contributed by atoms with van der Waals surface area (Å²) in [5.41, 5.74) is 6.25. The van der Waals surface area contributed by atoms with Gasteiger partial charge in [0.25, 0.3) is 0 Å². The van der Waals surface area contributed by atoms with E-state index in [0.717, 1.165) is 12.8 Å². The van der Waals surface area contributed by atoms with Crippen LogP contribution in [0.5, 0.6) is 0 Å². The summed E-state index contributed by atoms with van der Waals surface area (Å²) < 4.78 is 7.29. The number of nitrogens with zero attached hydrogens (tertiary/aromatic N) is 2. The lowest BCUT2D eigenvalue weighted by atomic mass is 10.1. The maximum atomic E-state index is 8.88. The topological polar surface area (TPSA) is 73.3 Å². The van der Waals surface area contributed by atoms with Crippen molar-refractivity contribution >= 4 is 5.69 Å². The van der Waals surface area contributed by atoms with E-state index in [0.29, 0.717) is 12.3 Å². The molecule has 0 amide bonds. The number of anilines is 1. The van der Waals surface area contributed by atoms with Crippen molar-refractivity contribution in [2.75, 3.05) is 18.9 Å². The Bertz CT molecular complexity index is 292. The SMILES string of the molecule is Nc1cnn(C2CCC(CO)OC2)c1. The molecule has 0 bridgehead atoms. The van der Waals surface area contributed by atoms with Crippen LogP contribution in [0.1, 0.15) is 18.9 Å². The molecule has 1 aromatic rings. The van der Waals surface area contributed by atoms with Gasteiger partial charge in [-0.1, -0.05) is 0 Å². The molecule has 1 aliphatic rings. The van der Waals surface area contributed by atoms with Crippen LogP contribution in [0.2, 0.25) is 0 Å². The number of hydrogen-bond acceptors (Lipinski definition) is 4. The molecule has 2 rings (SSSR count). The van der Waals surface area contributed by atoms with Crippen molar-refractivity contribution in [2.45, 2.75) is 25.0 Å². The van der Waals surface area contributed by atoms with Crippen LogP contribution >= 0.6 is 0 Å². The van der Waals surface area contributed by atoms with Gasteiger partial charge < -0.3 is 15.6 Å². The third-order valence-electron chi connectivity index (χ3n) is 2.55. The van der Waals surface area contributed by atoms with Gasteiger partial charge in [-0.05, 0) is 12.8 Å². The first-order valence-corrected chi connectivity index (χ1v) is 4.81. The van der Waals surface area contributed by atoms with Crippen LogP contribution in [0.25, 0.3) is 0 Å². The van der Waals surface area contributed by atoms with E-state index >= 15 is 0 Å². The molecule has 14 heavy (non-hydrogen) atoms. The van der Waals surface area contributed by atoms with Gasteiger partial charge in [0.15, 0.2) is 0 Å². The van der Waals surface area contributed by atoms with Crippen molar-refractivity contribution < 1.29 is 9.84 Å². The molecule has 5 heteroatoms. The Morgan fingerprint density at radius 2 is 2.50 bits per heavy atom. The van der Waals surface area contributed by atoms with Crippen LogP contribution in [-0.2, 0) is 4.74 Å². The van der Waals surface area contributed by atoms with Crippen molar-refractivity contribution in [1.29, 1.82) is 0 Å². The summed E-state index contributed by atoms with van der Waals surface area (Å²) in [6.07, 6.45) is 5.30. The third kappa shape index (κ3) is 1.88. The van der Waals surface area contributed by atoms with E-state index in [9.17, 15) is 0 Å². The molecule has 3 N–H and O–H groups in total. The van der Waals surface area contributed by atoms with E-state index in [4.69, 9.17) is 15.6 Å². The molecule has 0 saturated carbocycles. The first-order chi connectivity index (χ1) is 6.79. The molecular weight excluding hydrogens is 182 g/mol. The molecule has 1 aromatic heterocycles. The Balaban J connectivity index is 1.95. The largest absolute Gasteiger partial charge is 0.396 e. The summed E-state index contributed by atoms with van der Waals surface area (Å²) in [6.45, 7) is 0.709. The van der Waals surface area contributed by atoms with Gasteiger partial charge in [0.1, 0.15) is 0 Å². The molecule has 2 heterocycles. The average molecular weight is 197 g/mol. The maximum absolute atomic E-state index is 8.88. The summed E-state index contributed by atoms with van der Waals surface area (Å²) >= 11 is 0. The van der Waals surface area contributed by atoms with Gasteiger partial charge >= 0.3 is 0 Å². The zero-order chi connectivity index (χ0) is 9.97.